The van der Waals surface area contributed by atoms with E-state index in [1.165, 1.54) is 0 Å². The third-order valence-corrected chi connectivity index (χ3v) is 4.16. The highest BCUT2D eigenvalue weighted by atomic mass is 16.3. The first-order valence-corrected chi connectivity index (χ1v) is 8.13. The summed E-state index contributed by atoms with van der Waals surface area (Å²) in [6.07, 6.45) is 4.12. The van der Waals surface area contributed by atoms with Crippen LogP contribution in [0.4, 0.5) is 10.5 Å². The molecule has 0 spiro atoms. The predicted molar refractivity (Wildman–Crippen MR) is 89.1 cm³/mol. The Hall–Kier alpha value is -2.10. The minimum absolute atomic E-state index is 0.235. The lowest BCUT2D eigenvalue weighted by Gasteiger charge is -2.22. The smallest absolute Gasteiger partial charge is 0.319 e. The van der Waals surface area contributed by atoms with Crippen molar-refractivity contribution in [2.45, 2.75) is 31.7 Å². The summed E-state index contributed by atoms with van der Waals surface area (Å²) >= 11 is 0. The lowest BCUT2D eigenvalue weighted by Crippen LogP contribution is -2.34. The van der Waals surface area contributed by atoms with E-state index in [1.807, 2.05) is 6.07 Å². The van der Waals surface area contributed by atoms with E-state index in [1.54, 1.807) is 24.3 Å². The second-order valence-electron chi connectivity index (χ2n) is 5.76. The number of para-hydroxylation sites is 1. The van der Waals surface area contributed by atoms with Gasteiger partial charge in [0.2, 0.25) is 0 Å². The molecule has 1 aromatic rings. The molecule has 1 fully saturated rings. The molecule has 3 N–H and O–H groups in total. The highest BCUT2D eigenvalue weighted by Crippen LogP contribution is 2.17. The fourth-order valence-corrected chi connectivity index (χ4v) is 2.89. The Labute approximate surface area is 137 Å². The van der Waals surface area contributed by atoms with E-state index in [4.69, 9.17) is 5.26 Å². The van der Waals surface area contributed by atoms with Crippen molar-refractivity contribution in [3.8, 4) is 6.07 Å². The van der Waals surface area contributed by atoms with Crippen molar-refractivity contribution in [2.75, 3.05) is 31.6 Å². The van der Waals surface area contributed by atoms with Crippen LogP contribution in [0.25, 0.3) is 0 Å². The van der Waals surface area contributed by atoms with Crippen LogP contribution in [-0.2, 0) is 0 Å². The molecular formula is C17H24N4O2. The Balaban J connectivity index is 1.63. The van der Waals surface area contributed by atoms with Crippen LogP contribution < -0.4 is 10.6 Å². The zero-order valence-corrected chi connectivity index (χ0v) is 13.3. The van der Waals surface area contributed by atoms with E-state index in [0.29, 0.717) is 23.8 Å². The number of aliphatic hydroxyl groups is 1. The van der Waals surface area contributed by atoms with E-state index in [0.717, 1.165) is 38.8 Å². The minimum atomic E-state index is -0.290. The zero-order valence-electron chi connectivity index (χ0n) is 13.3. The molecule has 0 aromatic heterocycles. The molecule has 2 rings (SSSR count). The molecule has 1 saturated heterocycles. The second kappa shape index (κ2) is 9.13. The summed E-state index contributed by atoms with van der Waals surface area (Å²) < 4.78 is 0. The monoisotopic (exact) mass is 316 g/mol. The number of hydrogen-bond acceptors (Lipinski definition) is 4. The number of nitrogens with zero attached hydrogens (tertiary/aromatic N) is 2. The number of carbonyl (C=O) groups excluding carboxylic acids is 1. The molecule has 1 aromatic carbocycles. The van der Waals surface area contributed by atoms with Crippen molar-refractivity contribution in [1.29, 1.82) is 5.26 Å². The number of carbonyl (C=O) groups is 1. The Bertz CT molecular complexity index is 556. The summed E-state index contributed by atoms with van der Waals surface area (Å²) in [7, 11) is 0. The topological polar surface area (TPSA) is 88.4 Å². The van der Waals surface area contributed by atoms with Crippen LogP contribution in [0.2, 0.25) is 0 Å². The average molecular weight is 316 g/mol. The fourth-order valence-electron chi connectivity index (χ4n) is 2.89. The van der Waals surface area contributed by atoms with Gasteiger partial charge in [0.1, 0.15) is 6.07 Å². The number of unbranched alkanes of at least 4 members (excludes halogenated alkanes) is 1. The predicted octanol–water partition coefficient (Wildman–Crippen LogP) is 1.92. The van der Waals surface area contributed by atoms with Crippen LogP contribution in [-0.4, -0.2) is 48.3 Å². The molecule has 1 heterocycles. The van der Waals surface area contributed by atoms with Gasteiger partial charge in [0.15, 0.2) is 0 Å². The van der Waals surface area contributed by atoms with Crippen molar-refractivity contribution >= 4 is 11.7 Å². The van der Waals surface area contributed by atoms with Crippen LogP contribution in [0.1, 0.15) is 31.2 Å². The van der Waals surface area contributed by atoms with Gasteiger partial charge in [-0.25, -0.2) is 4.79 Å². The summed E-state index contributed by atoms with van der Waals surface area (Å²) in [6.45, 7) is 2.85. The number of likely N-dealkylation sites (tertiary alicyclic amines) is 1. The normalized spacial score (nSPS) is 17.7. The molecular weight excluding hydrogens is 292 g/mol. The number of urea groups is 1. The van der Waals surface area contributed by atoms with Gasteiger partial charge < -0.3 is 15.7 Å². The van der Waals surface area contributed by atoms with E-state index in [9.17, 15) is 9.90 Å². The third kappa shape index (κ3) is 5.23. The van der Waals surface area contributed by atoms with Gasteiger partial charge >= 0.3 is 6.03 Å². The lowest BCUT2D eigenvalue weighted by atomic mass is 10.2. The van der Waals surface area contributed by atoms with Crippen LogP contribution in [0.3, 0.4) is 0 Å². The van der Waals surface area contributed by atoms with Crippen LogP contribution in [0.15, 0.2) is 24.3 Å². The highest BCUT2D eigenvalue weighted by molar-refractivity contribution is 5.90. The maximum atomic E-state index is 11.8. The van der Waals surface area contributed by atoms with Gasteiger partial charge in [0, 0.05) is 12.6 Å². The number of benzene rings is 1. The molecule has 1 aliphatic rings. The summed E-state index contributed by atoms with van der Waals surface area (Å²) in [4.78, 5) is 14.1. The maximum absolute atomic E-state index is 11.8. The number of amides is 2. The Morgan fingerprint density at radius 1 is 1.39 bits per heavy atom. The van der Waals surface area contributed by atoms with Crippen LogP contribution >= 0.6 is 0 Å². The zero-order chi connectivity index (χ0) is 16.5. The molecule has 6 nitrogen and oxygen atoms in total. The van der Waals surface area contributed by atoms with Crippen molar-refractivity contribution < 1.29 is 9.90 Å². The summed E-state index contributed by atoms with van der Waals surface area (Å²) in [5.74, 6) is 0. The quantitative estimate of drug-likeness (QED) is 0.671. The first-order valence-electron chi connectivity index (χ1n) is 8.13. The van der Waals surface area contributed by atoms with Gasteiger partial charge in [-0.3, -0.25) is 4.90 Å². The number of nitriles is 1. The maximum Gasteiger partial charge on any atom is 0.319 e. The number of rotatable bonds is 7. The van der Waals surface area contributed by atoms with Gasteiger partial charge in [0.05, 0.1) is 17.9 Å². The molecule has 23 heavy (non-hydrogen) atoms. The molecule has 1 aliphatic heterocycles. The number of aliphatic hydroxyl groups excluding tert-OH is 1. The van der Waals surface area contributed by atoms with Gasteiger partial charge in [0.25, 0.3) is 0 Å². The van der Waals surface area contributed by atoms with Gasteiger partial charge in [-0.1, -0.05) is 12.1 Å². The third-order valence-electron chi connectivity index (χ3n) is 4.16. The number of nitrogens with one attached hydrogen (secondary N) is 2. The second-order valence-corrected chi connectivity index (χ2v) is 5.76. The summed E-state index contributed by atoms with van der Waals surface area (Å²) in [5, 5.41) is 23.7. The SMILES string of the molecule is N#Cc1ccccc1NC(=O)NCCCCN1CCCC1CO. The average Bonchev–Trinajstić information content (AvgIpc) is 3.02. The first kappa shape index (κ1) is 17.3. The molecule has 0 bridgehead atoms. The summed E-state index contributed by atoms with van der Waals surface area (Å²) in [5.41, 5.74) is 0.974. The Kier molecular flexibility index (Phi) is 6.85. The van der Waals surface area contributed by atoms with Crippen molar-refractivity contribution in [3.63, 3.8) is 0 Å². The lowest BCUT2D eigenvalue weighted by molar-refractivity contribution is 0.157. The standard InChI is InChI=1S/C17H24N4O2/c18-12-14-6-1-2-8-16(14)20-17(23)19-9-3-4-10-21-11-5-7-15(21)13-22/h1-2,6,8,15,22H,3-5,7,9-11,13H2,(H2,19,20,23). The van der Waals surface area contributed by atoms with Crippen LogP contribution in [0.5, 0.6) is 0 Å². The number of anilines is 1. The molecule has 0 aliphatic carbocycles. The van der Waals surface area contributed by atoms with E-state index in [-0.39, 0.29) is 12.6 Å². The molecule has 0 saturated carbocycles. The van der Waals surface area contributed by atoms with E-state index in [2.05, 4.69) is 15.5 Å². The highest BCUT2D eigenvalue weighted by Gasteiger charge is 2.22. The molecule has 2 amide bonds. The van der Waals surface area contributed by atoms with Gasteiger partial charge in [-0.15, -0.1) is 0 Å². The fraction of sp³-hybridized carbons (Fsp3) is 0.529. The minimum Gasteiger partial charge on any atom is -0.395 e. The van der Waals surface area contributed by atoms with Crippen molar-refractivity contribution in [3.05, 3.63) is 29.8 Å². The largest absolute Gasteiger partial charge is 0.395 e. The molecule has 6 heteroatoms. The molecule has 1 atom stereocenters. The van der Waals surface area contributed by atoms with Crippen LogP contribution in [0, 0.1) is 11.3 Å². The molecule has 1 unspecified atom stereocenters. The molecule has 124 valence electrons. The van der Waals surface area contributed by atoms with Gasteiger partial charge in [-0.2, -0.15) is 5.26 Å². The van der Waals surface area contributed by atoms with Gasteiger partial charge in [-0.05, 0) is 50.9 Å². The first-order chi connectivity index (χ1) is 11.2. The Morgan fingerprint density at radius 2 is 2.22 bits per heavy atom. The van der Waals surface area contributed by atoms with E-state index >= 15 is 0 Å². The summed E-state index contributed by atoms with van der Waals surface area (Å²) in [6, 6.07) is 9.00. The molecule has 0 radical (unpaired) electrons. The van der Waals surface area contributed by atoms with E-state index < -0.39 is 0 Å². The van der Waals surface area contributed by atoms with Crippen molar-refractivity contribution in [2.24, 2.45) is 0 Å². The van der Waals surface area contributed by atoms with Crippen molar-refractivity contribution in [1.82, 2.24) is 10.2 Å². The number of hydrogen-bond donors (Lipinski definition) is 3. The Morgan fingerprint density at radius 3 is 3.00 bits per heavy atom.